The summed E-state index contributed by atoms with van der Waals surface area (Å²) in [4.78, 5) is 10.6. The van der Waals surface area contributed by atoms with Gasteiger partial charge < -0.3 is 9.47 Å². The normalized spacial score (nSPS) is 14.9. The van der Waals surface area contributed by atoms with Gasteiger partial charge in [0.05, 0.1) is 6.61 Å². The molecule has 0 bridgehead atoms. The van der Waals surface area contributed by atoms with Crippen molar-refractivity contribution in [2.75, 3.05) is 6.61 Å². The van der Waals surface area contributed by atoms with Gasteiger partial charge in [0, 0.05) is 0 Å². The fourth-order valence-corrected chi connectivity index (χ4v) is 0.603. The lowest BCUT2D eigenvalue weighted by Crippen LogP contribution is -2.22. The summed E-state index contributed by atoms with van der Waals surface area (Å²) >= 11 is 3.09. The van der Waals surface area contributed by atoms with Crippen molar-refractivity contribution in [2.24, 2.45) is 0 Å². The van der Waals surface area contributed by atoms with Gasteiger partial charge in [0.15, 0.2) is 0 Å². The van der Waals surface area contributed by atoms with Crippen LogP contribution < -0.4 is 0 Å². The Morgan fingerprint density at radius 1 is 1.67 bits per heavy atom. The molecule has 12 heavy (non-hydrogen) atoms. The Morgan fingerprint density at radius 2 is 2.25 bits per heavy atom. The Hall–Kier alpha value is -0.350. The van der Waals surface area contributed by atoms with Gasteiger partial charge in [0.1, 0.15) is 4.83 Å². The zero-order valence-corrected chi connectivity index (χ0v) is 8.83. The number of carbonyl (C=O) groups excluding carboxylic acids is 1. The van der Waals surface area contributed by atoms with Gasteiger partial charge in [0.2, 0.25) is 6.29 Å². The van der Waals surface area contributed by atoms with Crippen LogP contribution in [0.4, 0.5) is 0 Å². The summed E-state index contributed by atoms with van der Waals surface area (Å²) in [7, 11) is 0. The summed E-state index contributed by atoms with van der Waals surface area (Å²) in [5, 5.41) is 0. The molecular formula is C8H13BrO3. The predicted octanol–water partition coefficient (Wildman–Crippen LogP) is 1.86. The van der Waals surface area contributed by atoms with E-state index in [1.54, 1.807) is 19.9 Å². The lowest BCUT2D eigenvalue weighted by Gasteiger charge is -2.13. The van der Waals surface area contributed by atoms with Crippen molar-refractivity contribution >= 4 is 21.9 Å². The van der Waals surface area contributed by atoms with E-state index in [0.717, 1.165) is 0 Å². The number of alkyl halides is 1. The molecule has 2 unspecified atom stereocenters. The van der Waals surface area contributed by atoms with Gasteiger partial charge in [-0.05, 0) is 13.8 Å². The smallest absolute Gasteiger partial charge is 0.321 e. The van der Waals surface area contributed by atoms with E-state index >= 15 is 0 Å². The van der Waals surface area contributed by atoms with Crippen LogP contribution in [-0.2, 0) is 14.3 Å². The number of carbonyl (C=O) groups is 1. The highest BCUT2D eigenvalue weighted by Crippen LogP contribution is 2.03. The molecule has 0 N–H and O–H groups in total. The molecule has 0 saturated carbocycles. The Bertz CT molecular complexity index is 156. The summed E-state index contributed by atoms with van der Waals surface area (Å²) in [6.07, 6.45) is 1.08. The summed E-state index contributed by atoms with van der Waals surface area (Å²) < 4.78 is 9.89. The second-order valence-corrected chi connectivity index (χ2v) is 3.62. The van der Waals surface area contributed by atoms with E-state index < -0.39 is 6.29 Å². The summed E-state index contributed by atoms with van der Waals surface area (Å²) in [6.45, 7) is 7.21. The predicted molar refractivity (Wildman–Crippen MR) is 50.1 cm³/mol. The Labute approximate surface area is 80.9 Å². The van der Waals surface area contributed by atoms with Crippen molar-refractivity contribution in [2.45, 2.75) is 25.0 Å². The molecule has 0 aliphatic heterocycles. The van der Waals surface area contributed by atoms with Crippen molar-refractivity contribution in [3.63, 3.8) is 0 Å². The van der Waals surface area contributed by atoms with E-state index in [1.807, 2.05) is 0 Å². The Balaban J connectivity index is 3.60. The molecule has 4 heteroatoms. The number of ether oxygens (including phenoxy) is 2. The number of hydrogen-bond donors (Lipinski definition) is 0. The largest absolute Gasteiger partial charge is 0.435 e. The van der Waals surface area contributed by atoms with Crippen LogP contribution in [0.25, 0.3) is 0 Å². The molecule has 0 saturated heterocycles. The van der Waals surface area contributed by atoms with Crippen molar-refractivity contribution < 1.29 is 14.3 Å². The minimum Gasteiger partial charge on any atom is -0.435 e. The van der Waals surface area contributed by atoms with Crippen molar-refractivity contribution in [3.8, 4) is 0 Å². The Kier molecular flexibility index (Phi) is 6.02. The molecule has 70 valence electrons. The van der Waals surface area contributed by atoms with Crippen LogP contribution in [0, 0.1) is 0 Å². The minimum absolute atomic E-state index is 0.299. The molecule has 0 radical (unpaired) electrons. The first-order valence-electron chi connectivity index (χ1n) is 3.65. The maximum atomic E-state index is 10.9. The van der Waals surface area contributed by atoms with Gasteiger partial charge >= 0.3 is 5.97 Å². The second-order valence-electron chi connectivity index (χ2n) is 2.24. The molecule has 0 fully saturated rings. The third-order valence-electron chi connectivity index (χ3n) is 1.06. The molecule has 0 aromatic heterocycles. The molecule has 0 aromatic rings. The quantitative estimate of drug-likeness (QED) is 0.317. The van der Waals surface area contributed by atoms with Crippen LogP contribution in [0.5, 0.6) is 0 Å². The van der Waals surface area contributed by atoms with Gasteiger partial charge in [-0.25, -0.2) is 0 Å². The molecule has 0 amide bonds. The Morgan fingerprint density at radius 3 is 2.67 bits per heavy atom. The third kappa shape index (κ3) is 5.32. The SMILES string of the molecule is C=CCOC(C)OC(=O)C(C)Br. The van der Waals surface area contributed by atoms with Crippen LogP contribution in [0.15, 0.2) is 12.7 Å². The van der Waals surface area contributed by atoms with Crippen LogP contribution in [-0.4, -0.2) is 23.7 Å². The molecule has 2 atom stereocenters. The highest BCUT2D eigenvalue weighted by atomic mass is 79.9. The first-order valence-corrected chi connectivity index (χ1v) is 4.56. The highest BCUT2D eigenvalue weighted by molar-refractivity contribution is 9.10. The lowest BCUT2D eigenvalue weighted by molar-refractivity contribution is -0.171. The molecular weight excluding hydrogens is 224 g/mol. The van der Waals surface area contributed by atoms with Gasteiger partial charge in [-0.3, -0.25) is 4.79 Å². The third-order valence-corrected chi connectivity index (χ3v) is 1.43. The summed E-state index contributed by atoms with van der Waals surface area (Å²) in [5.41, 5.74) is 0. The maximum Gasteiger partial charge on any atom is 0.321 e. The fourth-order valence-electron chi connectivity index (χ4n) is 0.495. The molecule has 0 spiro atoms. The number of hydrogen-bond acceptors (Lipinski definition) is 3. The van der Waals surface area contributed by atoms with Crippen molar-refractivity contribution in [3.05, 3.63) is 12.7 Å². The van der Waals surface area contributed by atoms with Crippen LogP contribution in [0.1, 0.15) is 13.8 Å². The average Bonchev–Trinajstić information content (AvgIpc) is 2.00. The van der Waals surface area contributed by atoms with E-state index in [0.29, 0.717) is 6.61 Å². The molecule has 0 aromatic carbocycles. The van der Waals surface area contributed by atoms with Gasteiger partial charge in [0.25, 0.3) is 0 Å². The van der Waals surface area contributed by atoms with E-state index in [2.05, 4.69) is 22.5 Å². The number of halogens is 1. The van der Waals surface area contributed by atoms with Crippen molar-refractivity contribution in [1.82, 2.24) is 0 Å². The van der Waals surface area contributed by atoms with E-state index in [1.165, 1.54) is 0 Å². The van der Waals surface area contributed by atoms with Gasteiger partial charge in [-0.15, -0.1) is 6.58 Å². The van der Waals surface area contributed by atoms with Crippen LogP contribution in [0.3, 0.4) is 0 Å². The minimum atomic E-state index is -0.518. The van der Waals surface area contributed by atoms with Gasteiger partial charge in [-0.1, -0.05) is 22.0 Å². The molecule has 0 heterocycles. The number of esters is 1. The van der Waals surface area contributed by atoms with Gasteiger partial charge in [-0.2, -0.15) is 0 Å². The fraction of sp³-hybridized carbons (Fsp3) is 0.625. The van der Waals surface area contributed by atoms with Crippen LogP contribution >= 0.6 is 15.9 Å². The number of rotatable bonds is 5. The van der Waals surface area contributed by atoms with E-state index in [9.17, 15) is 4.79 Å². The topological polar surface area (TPSA) is 35.5 Å². The van der Waals surface area contributed by atoms with Crippen LogP contribution in [0.2, 0.25) is 0 Å². The zero-order chi connectivity index (χ0) is 9.56. The van der Waals surface area contributed by atoms with E-state index in [4.69, 9.17) is 9.47 Å². The average molecular weight is 237 g/mol. The maximum absolute atomic E-state index is 10.9. The summed E-state index contributed by atoms with van der Waals surface area (Å²) in [6, 6.07) is 0. The molecule has 0 rings (SSSR count). The summed E-state index contributed by atoms with van der Waals surface area (Å²) in [5.74, 6) is -0.327. The zero-order valence-electron chi connectivity index (χ0n) is 7.25. The monoisotopic (exact) mass is 236 g/mol. The lowest BCUT2D eigenvalue weighted by atomic mass is 10.5. The van der Waals surface area contributed by atoms with Crippen molar-refractivity contribution in [1.29, 1.82) is 0 Å². The molecule has 0 aliphatic carbocycles. The molecule has 0 aliphatic rings. The first kappa shape index (κ1) is 11.6. The standard InChI is InChI=1S/C8H13BrO3/c1-4-5-11-7(3)12-8(10)6(2)9/h4,6-7H,1,5H2,2-3H3. The first-order chi connectivity index (χ1) is 5.57. The highest BCUT2D eigenvalue weighted by Gasteiger charge is 2.13. The molecule has 3 nitrogen and oxygen atoms in total. The second kappa shape index (κ2) is 6.20. The van der Waals surface area contributed by atoms with E-state index in [-0.39, 0.29) is 10.8 Å².